The third kappa shape index (κ3) is 4.82. The van der Waals surface area contributed by atoms with Gasteiger partial charge in [-0.1, -0.05) is 0 Å². The first-order valence-corrected chi connectivity index (χ1v) is 12.1. The lowest BCUT2D eigenvalue weighted by atomic mass is 9.91. The number of carbonyl (C=O) groups is 1. The van der Waals surface area contributed by atoms with Gasteiger partial charge in [-0.05, 0) is 62.1 Å². The second-order valence-electron chi connectivity index (χ2n) is 7.04. The van der Waals surface area contributed by atoms with Crippen LogP contribution < -0.4 is 0 Å². The molecule has 6 nitrogen and oxygen atoms in total. The Hall–Kier alpha value is -2.32. The average Bonchev–Trinajstić information content (AvgIpc) is 3.45. The van der Waals surface area contributed by atoms with Crippen LogP contribution in [0.2, 0.25) is 0 Å². The fourth-order valence-corrected chi connectivity index (χ4v) is 6.07. The molecule has 156 valence electrons. The van der Waals surface area contributed by atoms with E-state index in [9.17, 15) is 13.2 Å². The van der Waals surface area contributed by atoms with Crippen LogP contribution in [-0.4, -0.2) is 32.7 Å². The number of ether oxygens (including phenoxy) is 1. The molecule has 0 aliphatic rings. The van der Waals surface area contributed by atoms with Crippen LogP contribution in [0, 0.1) is 0 Å². The van der Waals surface area contributed by atoms with Crippen LogP contribution in [0.15, 0.2) is 53.3 Å². The van der Waals surface area contributed by atoms with Gasteiger partial charge in [-0.25, -0.2) is 13.2 Å². The lowest BCUT2D eigenvalue weighted by molar-refractivity contribution is 0.0606. The number of hydrogen-bond donors (Lipinski definition) is 1. The van der Waals surface area contributed by atoms with E-state index in [4.69, 9.17) is 9.15 Å². The molecule has 29 heavy (non-hydrogen) atoms. The largest absolute Gasteiger partial charge is 0.469 e. The van der Waals surface area contributed by atoms with E-state index in [0.29, 0.717) is 42.7 Å². The van der Waals surface area contributed by atoms with Crippen molar-refractivity contribution >= 4 is 27.1 Å². The number of aryl methyl sites for hydroxylation is 2. The molecule has 3 aromatic heterocycles. The van der Waals surface area contributed by atoms with Crippen molar-refractivity contribution in [3.8, 4) is 0 Å². The van der Waals surface area contributed by atoms with Gasteiger partial charge in [0.1, 0.15) is 15.4 Å². The van der Waals surface area contributed by atoms with Crippen LogP contribution in [-0.2, 0) is 32.2 Å². The van der Waals surface area contributed by atoms with Crippen LogP contribution in [0.4, 0.5) is 0 Å². The zero-order valence-electron chi connectivity index (χ0n) is 16.5. The third-order valence-electron chi connectivity index (χ3n) is 5.21. The van der Waals surface area contributed by atoms with Gasteiger partial charge < -0.3 is 14.1 Å². The predicted octanol–water partition coefficient (Wildman–Crippen LogP) is 4.35. The number of methoxy groups -OCH3 is 1. The van der Waals surface area contributed by atoms with Crippen molar-refractivity contribution in [1.29, 1.82) is 0 Å². The highest BCUT2D eigenvalue weighted by molar-refractivity contribution is 7.91. The smallest absolute Gasteiger partial charge is 0.348 e. The minimum atomic E-state index is -3.42. The highest BCUT2D eigenvalue weighted by Gasteiger charge is 2.42. The van der Waals surface area contributed by atoms with Crippen LogP contribution in [0.25, 0.3) is 0 Å². The molecule has 0 aliphatic heterocycles. The van der Waals surface area contributed by atoms with Crippen molar-refractivity contribution in [2.75, 3.05) is 13.4 Å². The first-order valence-electron chi connectivity index (χ1n) is 9.38. The van der Waals surface area contributed by atoms with E-state index < -0.39 is 14.6 Å². The zero-order valence-corrected chi connectivity index (χ0v) is 18.1. The average molecular weight is 436 g/mol. The molecule has 0 fully saturated rings. The van der Waals surface area contributed by atoms with Crippen molar-refractivity contribution in [3.05, 3.63) is 70.1 Å². The highest BCUT2D eigenvalue weighted by atomic mass is 32.2. The molecule has 3 rings (SSSR count). The number of hydrogen-bond acceptors (Lipinski definition) is 6. The molecule has 3 aromatic rings. The summed E-state index contributed by atoms with van der Waals surface area (Å²) in [4.78, 5) is 16.3. The summed E-state index contributed by atoms with van der Waals surface area (Å²) in [5.74, 6) is 0.471. The van der Waals surface area contributed by atoms with Crippen molar-refractivity contribution in [2.24, 2.45) is 0 Å². The maximum Gasteiger partial charge on any atom is 0.348 e. The first kappa shape index (κ1) is 21.4. The maximum atomic E-state index is 13.0. The number of nitrogens with one attached hydrogen (secondary N) is 1. The number of aromatic nitrogens is 1. The summed E-state index contributed by atoms with van der Waals surface area (Å²) >= 11 is 1.34. The second-order valence-corrected chi connectivity index (χ2v) is 10.5. The molecule has 0 saturated carbocycles. The molecule has 0 aromatic carbocycles. The number of esters is 1. The van der Waals surface area contributed by atoms with Crippen molar-refractivity contribution in [1.82, 2.24) is 4.98 Å². The quantitative estimate of drug-likeness (QED) is 0.478. The molecular formula is C21H25NO5S2. The minimum absolute atomic E-state index is 0.376. The van der Waals surface area contributed by atoms with Gasteiger partial charge in [0.25, 0.3) is 0 Å². The molecule has 0 radical (unpaired) electrons. The van der Waals surface area contributed by atoms with Gasteiger partial charge in [0.05, 0.1) is 13.4 Å². The molecular weight excluding hydrogens is 410 g/mol. The lowest BCUT2D eigenvalue weighted by Crippen LogP contribution is -2.36. The molecule has 1 unspecified atom stereocenters. The monoisotopic (exact) mass is 435 g/mol. The Kier molecular flexibility index (Phi) is 6.64. The Morgan fingerprint density at radius 3 is 2.62 bits per heavy atom. The van der Waals surface area contributed by atoms with E-state index >= 15 is 0 Å². The molecule has 3 heterocycles. The summed E-state index contributed by atoms with van der Waals surface area (Å²) < 4.78 is 35.1. The van der Waals surface area contributed by atoms with Crippen LogP contribution in [0.5, 0.6) is 0 Å². The van der Waals surface area contributed by atoms with Crippen LogP contribution >= 0.6 is 11.3 Å². The molecule has 0 spiro atoms. The van der Waals surface area contributed by atoms with Crippen molar-refractivity contribution < 1.29 is 22.4 Å². The Bertz CT molecular complexity index is 1020. The number of H-pyrrole nitrogens is 1. The molecule has 1 atom stereocenters. The van der Waals surface area contributed by atoms with E-state index in [1.807, 2.05) is 30.3 Å². The molecule has 0 saturated heterocycles. The van der Waals surface area contributed by atoms with Gasteiger partial charge in [0.15, 0.2) is 9.84 Å². The van der Waals surface area contributed by atoms with E-state index in [2.05, 4.69) is 4.98 Å². The second kappa shape index (κ2) is 9.00. The Balaban J connectivity index is 1.83. The lowest BCUT2D eigenvalue weighted by Gasteiger charge is -2.31. The van der Waals surface area contributed by atoms with Gasteiger partial charge in [0.2, 0.25) is 0 Å². The molecule has 0 bridgehead atoms. The van der Waals surface area contributed by atoms with Crippen molar-refractivity contribution in [3.63, 3.8) is 0 Å². The van der Waals surface area contributed by atoms with E-state index in [1.165, 1.54) is 24.7 Å². The minimum Gasteiger partial charge on any atom is -0.469 e. The zero-order chi connectivity index (χ0) is 20.9. The van der Waals surface area contributed by atoms with Crippen LogP contribution in [0.3, 0.4) is 0 Å². The Labute approximate surface area is 174 Å². The molecule has 8 heteroatoms. The number of sulfone groups is 1. The van der Waals surface area contributed by atoms with E-state index in [1.54, 1.807) is 18.5 Å². The number of furan rings is 1. The summed E-state index contributed by atoms with van der Waals surface area (Å²) in [7, 11) is -2.08. The van der Waals surface area contributed by atoms with Gasteiger partial charge in [-0.15, -0.1) is 11.3 Å². The fraction of sp³-hybridized carbons (Fsp3) is 0.381. The molecule has 1 N–H and O–H groups in total. The molecule has 0 aliphatic carbocycles. The molecule has 0 amide bonds. The number of carbonyl (C=O) groups excluding carboxylic acids is 1. The van der Waals surface area contributed by atoms with Gasteiger partial charge in [-0.2, -0.15) is 0 Å². The number of thiophene rings is 1. The van der Waals surface area contributed by atoms with Crippen LogP contribution in [0.1, 0.15) is 45.3 Å². The summed E-state index contributed by atoms with van der Waals surface area (Å²) in [6.45, 7) is 0. The predicted molar refractivity (Wildman–Crippen MR) is 113 cm³/mol. The third-order valence-corrected chi connectivity index (χ3v) is 8.38. The Morgan fingerprint density at radius 2 is 2.00 bits per heavy atom. The summed E-state index contributed by atoms with van der Waals surface area (Å²) in [5, 5.41) is 0. The summed E-state index contributed by atoms with van der Waals surface area (Å²) in [6.07, 6.45) is 7.48. The summed E-state index contributed by atoms with van der Waals surface area (Å²) in [6, 6.07) is 11.0. The number of aromatic amines is 1. The normalized spacial score (nSPS) is 13.9. The fourth-order valence-electron chi connectivity index (χ4n) is 3.63. The highest BCUT2D eigenvalue weighted by Crippen LogP contribution is 2.39. The standard InChI is InChI=1S/C21H25NO5S2/c1-26-20(23)18-10-9-17(28-18)11-13-21(29(2,24)25,19-8-4-14-22-19)12-3-6-16-7-5-15-27-16/h4-5,7-10,14-15,22H,3,6,11-13H2,1-2H3. The van der Waals surface area contributed by atoms with Gasteiger partial charge in [0, 0.05) is 29.4 Å². The van der Waals surface area contributed by atoms with Gasteiger partial charge >= 0.3 is 5.97 Å². The van der Waals surface area contributed by atoms with Crippen molar-refractivity contribution in [2.45, 2.75) is 36.9 Å². The summed E-state index contributed by atoms with van der Waals surface area (Å²) in [5.41, 5.74) is 0.698. The SMILES string of the molecule is COC(=O)c1ccc(CCC(CCCc2ccco2)(c2ccc[nH]2)S(C)(=O)=O)s1. The maximum absolute atomic E-state index is 13.0. The first-order chi connectivity index (χ1) is 13.9. The van der Waals surface area contributed by atoms with E-state index in [0.717, 1.165) is 10.6 Å². The topological polar surface area (TPSA) is 89.4 Å². The number of rotatable bonds is 10. The Morgan fingerprint density at radius 1 is 1.17 bits per heavy atom. The van der Waals surface area contributed by atoms with Gasteiger partial charge in [-0.3, -0.25) is 0 Å². The van der Waals surface area contributed by atoms with E-state index in [-0.39, 0.29) is 5.97 Å².